The molecule has 0 fully saturated rings. The number of rotatable bonds is 4. The number of hydrogen-bond acceptors (Lipinski definition) is 2. The quantitative estimate of drug-likeness (QED) is 0.614. The molecule has 0 aliphatic heterocycles. The smallest absolute Gasteiger partial charge is 0.120 e. The summed E-state index contributed by atoms with van der Waals surface area (Å²) in [6.07, 6.45) is 1.03. The van der Waals surface area contributed by atoms with Crippen molar-refractivity contribution >= 4 is 25.3 Å². The monoisotopic (exact) mass is 182 g/mol. The van der Waals surface area contributed by atoms with E-state index in [1.807, 2.05) is 13.8 Å². The Bertz CT molecular complexity index is 89.6. The molecule has 0 bridgehead atoms. The molecule has 62 valence electrons. The van der Waals surface area contributed by atoms with Crippen LogP contribution in [0.15, 0.2) is 0 Å². The van der Waals surface area contributed by atoms with E-state index in [2.05, 4.69) is 25.3 Å². The van der Waals surface area contributed by atoms with Crippen LogP contribution in [0.5, 0.6) is 0 Å². The van der Waals surface area contributed by atoms with E-state index in [4.69, 9.17) is 0 Å². The average molecular weight is 182 g/mol. The summed E-state index contributed by atoms with van der Waals surface area (Å²) in [5.41, 5.74) is -1.11. The molecule has 0 nitrogen and oxygen atoms in total. The van der Waals surface area contributed by atoms with Gasteiger partial charge >= 0.3 is 0 Å². The van der Waals surface area contributed by atoms with Gasteiger partial charge in [0, 0.05) is 11.0 Å². The van der Waals surface area contributed by atoms with Gasteiger partial charge in [-0.15, -0.1) is 0 Å². The molecular weight excluding hydrogens is 167 g/mol. The summed E-state index contributed by atoms with van der Waals surface area (Å²) in [6.45, 7) is 3.74. The number of hydrogen-bond donors (Lipinski definition) is 2. The summed E-state index contributed by atoms with van der Waals surface area (Å²) >= 11 is 8.07. The molecule has 0 aliphatic carbocycles. The molecule has 0 rings (SSSR count). The van der Waals surface area contributed by atoms with Crippen LogP contribution in [0.2, 0.25) is 0 Å². The van der Waals surface area contributed by atoms with Crippen LogP contribution < -0.4 is 0 Å². The zero-order chi connectivity index (χ0) is 8.20. The molecule has 0 spiro atoms. The summed E-state index contributed by atoms with van der Waals surface area (Å²) in [4.78, 5) is 0. The Morgan fingerprint density at radius 3 is 2.20 bits per heavy atom. The third-order valence-electron chi connectivity index (χ3n) is 1.58. The van der Waals surface area contributed by atoms with Crippen molar-refractivity contribution < 1.29 is 4.39 Å². The third kappa shape index (κ3) is 3.71. The minimum Gasteiger partial charge on any atom is -0.243 e. The van der Waals surface area contributed by atoms with Gasteiger partial charge in [-0.05, 0) is 12.8 Å². The van der Waals surface area contributed by atoms with Crippen molar-refractivity contribution in [2.24, 2.45) is 0 Å². The minimum atomic E-state index is -1.11. The van der Waals surface area contributed by atoms with E-state index < -0.39 is 5.67 Å². The molecule has 0 aromatic carbocycles. The first-order valence-corrected chi connectivity index (χ1v) is 4.67. The van der Waals surface area contributed by atoms with Crippen molar-refractivity contribution in [3.63, 3.8) is 0 Å². The van der Waals surface area contributed by atoms with E-state index >= 15 is 0 Å². The Morgan fingerprint density at radius 2 is 2.10 bits per heavy atom. The first-order valence-electron chi connectivity index (χ1n) is 3.52. The molecule has 0 aromatic rings. The summed E-state index contributed by atoms with van der Waals surface area (Å²) in [7, 11) is 0. The fourth-order valence-corrected chi connectivity index (χ4v) is 1.53. The maximum Gasteiger partial charge on any atom is 0.120 e. The van der Waals surface area contributed by atoms with Crippen molar-refractivity contribution in [2.75, 3.05) is 5.75 Å². The van der Waals surface area contributed by atoms with Crippen LogP contribution in [-0.2, 0) is 0 Å². The number of halogens is 1. The fourth-order valence-electron chi connectivity index (χ4n) is 0.850. The number of alkyl halides is 1. The Morgan fingerprint density at radius 1 is 1.60 bits per heavy atom. The van der Waals surface area contributed by atoms with E-state index in [0.717, 1.165) is 0 Å². The average Bonchev–Trinajstić information content (AvgIpc) is 1.87. The van der Waals surface area contributed by atoms with E-state index in [1.54, 1.807) is 0 Å². The Labute approximate surface area is 73.4 Å². The maximum absolute atomic E-state index is 13.4. The van der Waals surface area contributed by atoms with Gasteiger partial charge in [-0.25, -0.2) is 4.39 Å². The molecule has 0 N–H and O–H groups in total. The lowest BCUT2D eigenvalue weighted by molar-refractivity contribution is 0.176. The molecule has 0 radical (unpaired) electrons. The lowest BCUT2D eigenvalue weighted by Gasteiger charge is -2.22. The summed E-state index contributed by atoms with van der Waals surface area (Å²) in [5.74, 6) is 0.300. The van der Waals surface area contributed by atoms with Crippen molar-refractivity contribution in [1.29, 1.82) is 0 Å². The fraction of sp³-hybridized carbons (Fsp3) is 1.00. The van der Waals surface area contributed by atoms with Gasteiger partial charge < -0.3 is 0 Å². The number of thiol groups is 2. The second kappa shape index (κ2) is 4.50. The van der Waals surface area contributed by atoms with Crippen molar-refractivity contribution in [3.05, 3.63) is 0 Å². The molecule has 2 unspecified atom stereocenters. The molecule has 2 atom stereocenters. The maximum atomic E-state index is 13.4. The van der Waals surface area contributed by atoms with Crippen LogP contribution in [0.25, 0.3) is 0 Å². The van der Waals surface area contributed by atoms with Gasteiger partial charge in [-0.3, -0.25) is 0 Å². The van der Waals surface area contributed by atoms with Crippen molar-refractivity contribution in [2.45, 2.75) is 37.6 Å². The Hall–Kier alpha value is 0.630. The molecule has 0 saturated heterocycles. The zero-order valence-corrected chi connectivity index (χ0v) is 8.26. The van der Waals surface area contributed by atoms with Gasteiger partial charge in [-0.2, -0.15) is 25.3 Å². The molecular formula is C7H15FS2. The summed E-state index contributed by atoms with van der Waals surface area (Å²) < 4.78 is 13.4. The van der Waals surface area contributed by atoms with Crippen LogP contribution in [0, 0.1) is 0 Å². The molecule has 0 heterocycles. The highest BCUT2D eigenvalue weighted by Gasteiger charge is 2.26. The predicted molar refractivity (Wildman–Crippen MR) is 51.0 cm³/mol. The first-order chi connectivity index (χ1) is 4.54. The van der Waals surface area contributed by atoms with Crippen LogP contribution in [0.3, 0.4) is 0 Å². The van der Waals surface area contributed by atoms with Gasteiger partial charge in [0.1, 0.15) is 5.67 Å². The van der Waals surface area contributed by atoms with Gasteiger partial charge in [-0.1, -0.05) is 13.8 Å². The Balaban J connectivity index is 3.80. The Kier molecular flexibility index (Phi) is 4.78. The molecule has 0 aromatic heterocycles. The van der Waals surface area contributed by atoms with E-state index in [1.165, 1.54) is 0 Å². The van der Waals surface area contributed by atoms with Gasteiger partial charge in [0.05, 0.1) is 0 Å². The molecule has 0 saturated carbocycles. The van der Waals surface area contributed by atoms with Gasteiger partial charge in [0.2, 0.25) is 0 Å². The predicted octanol–water partition coefficient (Wildman–Crippen LogP) is 2.74. The molecule has 0 amide bonds. The highest BCUT2D eigenvalue weighted by atomic mass is 32.1. The molecule has 0 aliphatic rings. The lowest BCUT2D eigenvalue weighted by Crippen LogP contribution is -2.27. The van der Waals surface area contributed by atoms with Gasteiger partial charge in [0.25, 0.3) is 0 Å². The third-order valence-corrected chi connectivity index (χ3v) is 2.33. The zero-order valence-electron chi connectivity index (χ0n) is 6.47. The van der Waals surface area contributed by atoms with E-state index in [0.29, 0.717) is 18.6 Å². The van der Waals surface area contributed by atoms with Crippen LogP contribution in [0.4, 0.5) is 4.39 Å². The molecule has 3 heteroatoms. The SMILES string of the molecule is CCC(F)(CS)CC(C)S. The topological polar surface area (TPSA) is 0 Å². The minimum absolute atomic E-state index is 0.122. The second-order valence-electron chi connectivity index (χ2n) is 2.72. The summed E-state index contributed by atoms with van der Waals surface area (Å²) in [6, 6.07) is 0. The van der Waals surface area contributed by atoms with E-state index in [-0.39, 0.29) is 5.25 Å². The van der Waals surface area contributed by atoms with Crippen molar-refractivity contribution in [1.82, 2.24) is 0 Å². The van der Waals surface area contributed by atoms with Crippen LogP contribution in [0.1, 0.15) is 26.7 Å². The second-order valence-corrected chi connectivity index (χ2v) is 3.91. The van der Waals surface area contributed by atoms with Crippen molar-refractivity contribution in [3.8, 4) is 0 Å². The summed E-state index contributed by atoms with van der Waals surface area (Å²) in [5, 5.41) is 0.122. The van der Waals surface area contributed by atoms with E-state index in [9.17, 15) is 4.39 Å². The van der Waals surface area contributed by atoms with Crippen LogP contribution >= 0.6 is 25.3 Å². The lowest BCUT2D eigenvalue weighted by atomic mass is 9.99. The van der Waals surface area contributed by atoms with Crippen LogP contribution in [-0.4, -0.2) is 16.7 Å². The molecule has 10 heavy (non-hydrogen) atoms. The highest BCUT2D eigenvalue weighted by molar-refractivity contribution is 7.81. The first kappa shape index (κ1) is 10.6. The normalized spacial score (nSPS) is 20.1. The standard InChI is InChI=1S/C7H15FS2/c1-3-7(8,5-9)4-6(2)10/h6,9-10H,3-5H2,1-2H3. The van der Waals surface area contributed by atoms with Gasteiger partial charge in [0.15, 0.2) is 0 Å². The highest BCUT2D eigenvalue weighted by Crippen LogP contribution is 2.25. The largest absolute Gasteiger partial charge is 0.243 e.